The van der Waals surface area contributed by atoms with Crippen LogP contribution in [0.15, 0.2) is 30.3 Å². The summed E-state index contributed by atoms with van der Waals surface area (Å²) in [7, 11) is 1.53. The number of fused-ring (bicyclic) bond motifs is 2. The zero-order chi connectivity index (χ0) is 24.5. The highest BCUT2D eigenvalue weighted by Crippen LogP contribution is 2.46. The molecule has 4 rings (SSSR count). The van der Waals surface area contributed by atoms with Crippen molar-refractivity contribution in [2.75, 3.05) is 44.9 Å². The summed E-state index contributed by atoms with van der Waals surface area (Å²) in [6.45, 7) is 9.73. The Labute approximate surface area is 201 Å². The molecule has 0 atom stereocenters. The van der Waals surface area contributed by atoms with E-state index >= 15 is 0 Å². The van der Waals surface area contributed by atoms with Crippen LogP contribution in [0.25, 0.3) is 11.1 Å². The molecule has 2 aliphatic rings. The first-order chi connectivity index (χ1) is 16.2. The quantitative estimate of drug-likeness (QED) is 0.672. The molecule has 0 aliphatic carbocycles. The molecule has 0 saturated carbocycles. The van der Waals surface area contributed by atoms with Crippen LogP contribution >= 0.6 is 0 Å². The van der Waals surface area contributed by atoms with E-state index in [1.807, 2.05) is 26.8 Å². The number of carbonyl (C=O) groups is 2. The fourth-order valence-electron chi connectivity index (χ4n) is 4.67. The van der Waals surface area contributed by atoms with Crippen molar-refractivity contribution in [1.82, 2.24) is 4.90 Å². The second-order valence-electron chi connectivity index (χ2n) is 9.90. The lowest BCUT2D eigenvalue weighted by atomic mass is 9.89. The smallest absolute Gasteiger partial charge is 0.410 e. The molecule has 0 bridgehead atoms. The number of nitrogens with zero attached hydrogens (tertiary/aromatic N) is 2. The highest BCUT2D eigenvalue weighted by atomic mass is 16.6. The van der Waals surface area contributed by atoms with E-state index in [0.29, 0.717) is 44.8 Å². The number of methoxy groups -OCH3 is 1. The van der Waals surface area contributed by atoms with Crippen molar-refractivity contribution in [2.45, 2.75) is 46.1 Å². The molecule has 0 spiro atoms. The molecule has 2 amide bonds. The maximum Gasteiger partial charge on any atom is 0.410 e. The minimum Gasteiger partial charge on any atom is -0.490 e. The second kappa shape index (κ2) is 9.66. The van der Waals surface area contributed by atoms with Gasteiger partial charge >= 0.3 is 6.09 Å². The SMILES string of the molecule is COCC(=O)N1CCOc2cc3c(c(-c4cccc(C)c4)c21)CCN(C(=O)OC(C)(C)C)CC3. The lowest BCUT2D eigenvalue weighted by Gasteiger charge is -2.33. The molecule has 0 fully saturated rings. The summed E-state index contributed by atoms with van der Waals surface area (Å²) in [5.74, 6) is 0.613. The minimum absolute atomic E-state index is 0.0101. The molecule has 0 unspecified atom stereocenters. The largest absolute Gasteiger partial charge is 0.490 e. The van der Waals surface area contributed by atoms with Gasteiger partial charge in [-0.1, -0.05) is 29.8 Å². The summed E-state index contributed by atoms with van der Waals surface area (Å²) in [6, 6.07) is 10.4. The Bertz CT molecular complexity index is 1090. The van der Waals surface area contributed by atoms with Crippen molar-refractivity contribution in [3.05, 3.63) is 47.0 Å². The van der Waals surface area contributed by atoms with Gasteiger partial charge in [0.1, 0.15) is 24.6 Å². The van der Waals surface area contributed by atoms with E-state index in [1.165, 1.54) is 7.11 Å². The Hall–Kier alpha value is -3.06. The van der Waals surface area contributed by atoms with Crippen LogP contribution in [-0.4, -0.2) is 62.5 Å². The van der Waals surface area contributed by atoms with Crippen molar-refractivity contribution in [2.24, 2.45) is 0 Å². The molecule has 0 aromatic heterocycles. The average molecular weight is 467 g/mol. The number of carbonyl (C=O) groups excluding carboxylic acids is 2. The van der Waals surface area contributed by atoms with Gasteiger partial charge in [-0.25, -0.2) is 4.79 Å². The van der Waals surface area contributed by atoms with Gasteiger partial charge < -0.3 is 24.0 Å². The second-order valence-corrected chi connectivity index (χ2v) is 9.90. The molecule has 0 N–H and O–H groups in total. The predicted octanol–water partition coefficient (Wildman–Crippen LogP) is 4.37. The lowest BCUT2D eigenvalue weighted by Crippen LogP contribution is -2.40. The van der Waals surface area contributed by atoms with Gasteiger partial charge in [-0.3, -0.25) is 4.79 Å². The Kier molecular flexibility index (Phi) is 6.84. The fraction of sp³-hybridized carbons (Fsp3) is 0.481. The topological polar surface area (TPSA) is 68.3 Å². The van der Waals surface area contributed by atoms with Crippen molar-refractivity contribution in [3.8, 4) is 16.9 Å². The third kappa shape index (κ3) is 5.04. The van der Waals surface area contributed by atoms with E-state index < -0.39 is 5.60 Å². The van der Waals surface area contributed by atoms with Crippen LogP contribution in [0.5, 0.6) is 5.75 Å². The standard InChI is InChI=1S/C27H34N2O5/c1-18-7-6-8-20(15-18)24-21-10-12-28(26(31)34-27(2,3)4)11-9-19(21)16-22-25(24)29(13-14-33-22)23(30)17-32-5/h6-8,15-16H,9-14,17H2,1-5H3. The van der Waals surface area contributed by atoms with Crippen LogP contribution in [0.4, 0.5) is 10.5 Å². The molecule has 0 saturated heterocycles. The first-order valence-electron chi connectivity index (χ1n) is 11.8. The predicted molar refractivity (Wildman–Crippen MR) is 132 cm³/mol. The Morgan fingerprint density at radius 2 is 1.85 bits per heavy atom. The van der Waals surface area contributed by atoms with E-state index in [0.717, 1.165) is 33.5 Å². The van der Waals surface area contributed by atoms with Crippen molar-refractivity contribution in [1.29, 1.82) is 0 Å². The van der Waals surface area contributed by atoms with Gasteiger partial charge in [0.2, 0.25) is 0 Å². The number of benzene rings is 2. The first-order valence-corrected chi connectivity index (χ1v) is 11.8. The van der Waals surface area contributed by atoms with Gasteiger partial charge in [0.05, 0.1) is 12.2 Å². The average Bonchev–Trinajstić information content (AvgIpc) is 2.98. The molecule has 34 heavy (non-hydrogen) atoms. The molecule has 7 heteroatoms. The summed E-state index contributed by atoms with van der Waals surface area (Å²) in [5.41, 5.74) is 5.73. The normalized spacial score (nSPS) is 15.7. The van der Waals surface area contributed by atoms with E-state index in [1.54, 1.807) is 9.80 Å². The van der Waals surface area contributed by atoms with Crippen LogP contribution in [0.2, 0.25) is 0 Å². The molecule has 2 aliphatic heterocycles. The van der Waals surface area contributed by atoms with Crippen LogP contribution in [-0.2, 0) is 27.1 Å². The van der Waals surface area contributed by atoms with Gasteiger partial charge in [0, 0.05) is 25.8 Å². The maximum absolute atomic E-state index is 13.0. The number of anilines is 1. The summed E-state index contributed by atoms with van der Waals surface area (Å²) >= 11 is 0. The van der Waals surface area contributed by atoms with Gasteiger partial charge in [-0.2, -0.15) is 0 Å². The minimum atomic E-state index is -0.544. The number of hydrogen-bond acceptors (Lipinski definition) is 5. The van der Waals surface area contributed by atoms with Crippen LogP contribution < -0.4 is 9.64 Å². The van der Waals surface area contributed by atoms with Gasteiger partial charge in [0.15, 0.2) is 0 Å². The van der Waals surface area contributed by atoms with Gasteiger partial charge in [-0.15, -0.1) is 0 Å². The molecule has 7 nitrogen and oxygen atoms in total. The zero-order valence-electron chi connectivity index (χ0n) is 20.8. The molecule has 0 radical (unpaired) electrons. The van der Waals surface area contributed by atoms with E-state index in [-0.39, 0.29) is 18.6 Å². The van der Waals surface area contributed by atoms with Crippen molar-refractivity contribution in [3.63, 3.8) is 0 Å². The molecule has 2 aromatic carbocycles. The lowest BCUT2D eigenvalue weighted by molar-refractivity contribution is -0.122. The third-order valence-electron chi connectivity index (χ3n) is 6.12. The fourth-order valence-corrected chi connectivity index (χ4v) is 4.67. The van der Waals surface area contributed by atoms with E-state index in [2.05, 4.69) is 31.2 Å². The third-order valence-corrected chi connectivity index (χ3v) is 6.12. The van der Waals surface area contributed by atoms with Crippen molar-refractivity contribution < 1.29 is 23.8 Å². The van der Waals surface area contributed by atoms with Crippen LogP contribution in [0.1, 0.15) is 37.5 Å². The Balaban J connectivity index is 1.81. The van der Waals surface area contributed by atoms with Crippen LogP contribution in [0, 0.1) is 6.92 Å². The summed E-state index contributed by atoms with van der Waals surface area (Å²) < 4.78 is 16.9. The molecule has 2 aromatic rings. The molecule has 182 valence electrons. The van der Waals surface area contributed by atoms with Gasteiger partial charge in [0.25, 0.3) is 5.91 Å². The molecular formula is C27H34N2O5. The maximum atomic E-state index is 13.0. The summed E-state index contributed by atoms with van der Waals surface area (Å²) in [4.78, 5) is 29.4. The Morgan fingerprint density at radius 3 is 2.56 bits per heavy atom. The summed E-state index contributed by atoms with van der Waals surface area (Å²) in [6.07, 6.45) is 1.06. The molecule has 2 heterocycles. The van der Waals surface area contributed by atoms with Crippen molar-refractivity contribution >= 4 is 17.7 Å². The summed E-state index contributed by atoms with van der Waals surface area (Å²) in [5, 5.41) is 0. The zero-order valence-corrected chi connectivity index (χ0v) is 20.8. The highest BCUT2D eigenvalue weighted by Gasteiger charge is 2.32. The van der Waals surface area contributed by atoms with Crippen LogP contribution in [0.3, 0.4) is 0 Å². The molecular weight excluding hydrogens is 432 g/mol. The van der Waals surface area contributed by atoms with E-state index in [4.69, 9.17) is 14.2 Å². The number of ether oxygens (including phenoxy) is 3. The monoisotopic (exact) mass is 466 g/mol. The first kappa shape index (κ1) is 24.1. The number of aryl methyl sites for hydroxylation is 1. The highest BCUT2D eigenvalue weighted by molar-refractivity contribution is 6.02. The van der Waals surface area contributed by atoms with E-state index in [9.17, 15) is 9.59 Å². The van der Waals surface area contributed by atoms with Gasteiger partial charge in [-0.05, 0) is 63.3 Å². The number of rotatable bonds is 3. The number of amides is 2. The number of hydrogen-bond donors (Lipinski definition) is 0. The Morgan fingerprint density at radius 1 is 1.09 bits per heavy atom.